The summed E-state index contributed by atoms with van der Waals surface area (Å²) < 4.78 is 5.03. The van der Waals surface area contributed by atoms with Crippen molar-refractivity contribution in [1.82, 2.24) is 0 Å². The van der Waals surface area contributed by atoms with Crippen molar-refractivity contribution in [2.24, 2.45) is 0 Å². The van der Waals surface area contributed by atoms with Crippen molar-refractivity contribution in [2.75, 3.05) is 0 Å². The van der Waals surface area contributed by atoms with Crippen LogP contribution >= 0.6 is 0 Å². The van der Waals surface area contributed by atoms with E-state index in [0.717, 1.165) is 0 Å². The summed E-state index contributed by atoms with van der Waals surface area (Å²) in [6.07, 6.45) is 0.0718. The second-order valence-corrected chi connectivity index (χ2v) is 2.81. The fourth-order valence-electron chi connectivity index (χ4n) is 0.779. The molecule has 0 radical (unpaired) electrons. The summed E-state index contributed by atoms with van der Waals surface area (Å²) in [5, 5.41) is 8.28. The molecule has 3 nitrogen and oxygen atoms in total. The molecule has 1 N–H and O–H groups in total. The molecule has 52 valence electrons. The molecule has 0 aromatic carbocycles. The molecule has 1 aliphatic heterocycles. The monoisotopic (exact) mass is 130 g/mol. The topological polar surface area (TPSA) is 49.8 Å². The summed E-state index contributed by atoms with van der Waals surface area (Å²) in [6.45, 7) is 3.78. The molecule has 0 spiro atoms. The first kappa shape index (κ1) is 6.55. The number of rotatable bonds is 2. The zero-order chi connectivity index (χ0) is 7.07. The number of hydrogen-bond donors (Lipinski definition) is 1. The Balaban J connectivity index is 2.28. The lowest BCUT2D eigenvalue weighted by Gasteiger charge is -1.90. The maximum atomic E-state index is 10.1. The van der Waals surface area contributed by atoms with Crippen molar-refractivity contribution in [2.45, 2.75) is 32.0 Å². The fourth-order valence-corrected chi connectivity index (χ4v) is 0.779. The Morgan fingerprint density at radius 3 is 2.33 bits per heavy atom. The fraction of sp³-hybridized carbons (Fsp3) is 0.833. The number of carboxylic acid groups (broad SMARTS) is 1. The Bertz CT molecular complexity index is 139. The van der Waals surface area contributed by atoms with Gasteiger partial charge in [-0.3, -0.25) is 4.79 Å². The summed E-state index contributed by atoms with van der Waals surface area (Å²) in [5.41, 5.74) is -0.182. The van der Waals surface area contributed by atoms with Crippen molar-refractivity contribution < 1.29 is 14.6 Å². The van der Waals surface area contributed by atoms with E-state index in [1.54, 1.807) is 0 Å². The number of hydrogen-bond acceptors (Lipinski definition) is 2. The first-order valence-electron chi connectivity index (χ1n) is 2.92. The van der Waals surface area contributed by atoms with Gasteiger partial charge < -0.3 is 9.84 Å². The molecule has 0 aliphatic carbocycles. The Labute approximate surface area is 53.6 Å². The molecule has 0 amide bonds. The van der Waals surface area contributed by atoms with Gasteiger partial charge in [-0.05, 0) is 13.8 Å². The van der Waals surface area contributed by atoms with E-state index < -0.39 is 5.97 Å². The van der Waals surface area contributed by atoms with Crippen LogP contribution in [0.4, 0.5) is 0 Å². The van der Waals surface area contributed by atoms with Crippen LogP contribution in [0.1, 0.15) is 20.3 Å². The molecule has 0 bridgehead atoms. The van der Waals surface area contributed by atoms with Gasteiger partial charge in [0.2, 0.25) is 0 Å². The Hall–Kier alpha value is -0.570. The van der Waals surface area contributed by atoms with Gasteiger partial charge in [0.1, 0.15) is 0 Å². The molecule has 1 rings (SSSR count). The Kier molecular flexibility index (Phi) is 1.24. The number of carbonyl (C=O) groups is 1. The quantitative estimate of drug-likeness (QED) is 0.558. The minimum Gasteiger partial charge on any atom is -0.481 e. The van der Waals surface area contributed by atoms with E-state index in [-0.39, 0.29) is 18.1 Å². The van der Waals surface area contributed by atoms with Crippen molar-refractivity contribution in [3.63, 3.8) is 0 Å². The largest absolute Gasteiger partial charge is 0.481 e. The van der Waals surface area contributed by atoms with E-state index in [1.165, 1.54) is 0 Å². The molecule has 0 unspecified atom stereocenters. The number of aliphatic carboxylic acids is 1. The summed E-state index contributed by atoms with van der Waals surface area (Å²) in [6, 6.07) is 0. The maximum Gasteiger partial charge on any atom is 0.306 e. The molecule has 1 aliphatic rings. The lowest BCUT2D eigenvalue weighted by molar-refractivity contribution is -0.137. The number of ether oxygens (including phenoxy) is 1. The van der Waals surface area contributed by atoms with Crippen LogP contribution in [-0.4, -0.2) is 22.8 Å². The molecule has 0 aromatic rings. The summed E-state index contributed by atoms with van der Waals surface area (Å²) in [7, 11) is 0. The van der Waals surface area contributed by atoms with Crippen LogP contribution in [-0.2, 0) is 9.53 Å². The van der Waals surface area contributed by atoms with Gasteiger partial charge in [-0.15, -0.1) is 0 Å². The van der Waals surface area contributed by atoms with E-state index in [2.05, 4.69) is 0 Å². The lowest BCUT2D eigenvalue weighted by atomic mass is 10.1. The van der Waals surface area contributed by atoms with Crippen molar-refractivity contribution in [3.05, 3.63) is 0 Å². The zero-order valence-electron chi connectivity index (χ0n) is 5.55. The lowest BCUT2D eigenvalue weighted by Crippen LogP contribution is -2.07. The van der Waals surface area contributed by atoms with E-state index >= 15 is 0 Å². The van der Waals surface area contributed by atoms with Crippen LogP contribution in [0.15, 0.2) is 0 Å². The highest BCUT2D eigenvalue weighted by atomic mass is 16.6. The number of carboxylic acids is 1. The highest BCUT2D eigenvalue weighted by molar-refractivity contribution is 5.68. The Morgan fingerprint density at radius 2 is 2.22 bits per heavy atom. The van der Waals surface area contributed by atoms with Gasteiger partial charge >= 0.3 is 5.97 Å². The molecule has 3 heteroatoms. The molecule has 1 fully saturated rings. The van der Waals surface area contributed by atoms with E-state index in [1.807, 2.05) is 13.8 Å². The molecule has 1 heterocycles. The first-order chi connectivity index (χ1) is 4.02. The third-order valence-electron chi connectivity index (χ3n) is 1.52. The van der Waals surface area contributed by atoms with Gasteiger partial charge in [-0.2, -0.15) is 0 Å². The van der Waals surface area contributed by atoms with Gasteiger partial charge in [0.25, 0.3) is 0 Å². The van der Waals surface area contributed by atoms with Crippen LogP contribution < -0.4 is 0 Å². The van der Waals surface area contributed by atoms with Crippen molar-refractivity contribution in [3.8, 4) is 0 Å². The summed E-state index contributed by atoms with van der Waals surface area (Å²) in [5.74, 6) is -0.787. The van der Waals surface area contributed by atoms with Gasteiger partial charge in [0, 0.05) is 0 Å². The van der Waals surface area contributed by atoms with Crippen molar-refractivity contribution >= 4 is 5.97 Å². The molecule has 1 atom stereocenters. The van der Waals surface area contributed by atoms with Gasteiger partial charge in [0.15, 0.2) is 0 Å². The first-order valence-corrected chi connectivity index (χ1v) is 2.92. The van der Waals surface area contributed by atoms with Gasteiger partial charge in [-0.25, -0.2) is 0 Å². The third kappa shape index (κ3) is 1.42. The molecule has 0 saturated carbocycles. The minimum absolute atomic E-state index is 0.0602. The maximum absolute atomic E-state index is 10.1. The smallest absolute Gasteiger partial charge is 0.306 e. The second kappa shape index (κ2) is 1.70. The third-order valence-corrected chi connectivity index (χ3v) is 1.52. The molecule has 9 heavy (non-hydrogen) atoms. The summed E-state index contributed by atoms with van der Waals surface area (Å²) in [4.78, 5) is 10.1. The van der Waals surface area contributed by atoms with Crippen LogP contribution in [0.5, 0.6) is 0 Å². The van der Waals surface area contributed by atoms with E-state index in [9.17, 15) is 4.79 Å². The average Bonchev–Trinajstić information content (AvgIpc) is 2.10. The molecular formula is C6H10O3. The van der Waals surface area contributed by atoms with Gasteiger partial charge in [-0.1, -0.05) is 0 Å². The average molecular weight is 130 g/mol. The minimum atomic E-state index is -0.787. The van der Waals surface area contributed by atoms with Crippen LogP contribution in [0.25, 0.3) is 0 Å². The number of epoxide rings is 1. The normalized spacial score (nSPS) is 29.8. The molecule has 0 aromatic heterocycles. The van der Waals surface area contributed by atoms with E-state index in [4.69, 9.17) is 9.84 Å². The van der Waals surface area contributed by atoms with Gasteiger partial charge in [0.05, 0.1) is 18.1 Å². The standard InChI is InChI=1S/C6H10O3/c1-6(2)4(9-6)3-5(7)8/h4H,3H2,1-2H3,(H,7,8)/t4-/m0/s1. The second-order valence-electron chi connectivity index (χ2n) is 2.81. The highest BCUT2D eigenvalue weighted by Gasteiger charge is 2.48. The predicted molar refractivity (Wildman–Crippen MR) is 31.2 cm³/mol. The van der Waals surface area contributed by atoms with Crippen molar-refractivity contribution in [1.29, 1.82) is 0 Å². The highest BCUT2D eigenvalue weighted by Crippen LogP contribution is 2.37. The zero-order valence-corrected chi connectivity index (χ0v) is 5.55. The Morgan fingerprint density at radius 1 is 1.78 bits per heavy atom. The van der Waals surface area contributed by atoms with Crippen LogP contribution in [0.3, 0.4) is 0 Å². The summed E-state index contributed by atoms with van der Waals surface area (Å²) >= 11 is 0. The molecular weight excluding hydrogens is 120 g/mol. The molecule has 1 saturated heterocycles. The van der Waals surface area contributed by atoms with Crippen LogP contribution in [0, 0.1) is 0 Å². The predicted octanol–water partition coefficient (Wildman–Crippen LogP) is 0.639. The van der Waals surface area contributed by atoms with Crippen LogP contribution in [0.2, 0.25) is 0 Å². The van der Waals surface area contributed by atoms with E-state index in [0.29, 0.717) is 0 Å². The SMILES string of the molecule is CC1(C)O[C@H]1CC(=O)O.